The van der Waals surface area contributed by atoms with E-state index in [-0.39, 0.29) is 18.2 Å². The summed E-state index contributed by atoms with van der Waals surface area (Å²) in [5.41, 5.74) is 0.425. The first-order chi connectivity index (χ1) is 12.9. The van der Waals surface area contributed by atoms with E-state index in [9.17, 15) is 18.0 Å². The first kappa shape index (κ1) is 18.6. The Balaban J connectivity index is 1.59. The number of hydrogen-bond acceptors (Lipinski definition) is 3. The summed E-state index contributed by atoms with van der Waals surface area (Å²) in [4.78, 5) is 12.3. The third-order valence-corrected chi connectivity index (χ3v) is 3.87. The molecule has 1 aromatic heterocycles. The zero-order chi connectivity index (χ0) is 19.4. The van der Waals surface area contributed by atoms with Crippen molar-refractivity contribution in [2.45, 2.75) is 19.6 Å². The first-order valence-corrected chi connectivity index (χ1v) is 8.15. The van der Waals surface area contributed by atoms with Crippen LogP contribution in [0.5, 0.6) is 5.75 Å². The van der Waals surface area contributed by atoms with Gasteiger partial charge in [0.25, 0.3) is 5.91 Å². The molecular formula is C20H16F3NO3. The van der Waals surface area contributed by atoms with Gasteiger partial charge in [-0.15, -0.1) is 0 Å². The van der Waals surface area contributed by atoms with Crippen LogP contribution in [-0.2, 0) is 6.61 Å². The highest BCUT2D eigenvalue weighted by molar-refractivity contribution is 5.91. The third-order valence-electron chi connectivity index (χ3n) is 3.87. The molecule has 1 heterocycles. The molecule has 0 spiro atoms. The van der Waals surface area contributed by atoms with Crippen LogP contribution in [-0.4, -0.2) is 5.91 Å². The molecule has 0 fully saturated rings. The van der Waals surface area contributed by atoms with Crippen molar-refractivity contribution in [2.75, 3.05) is 0 Å². The lowest BCUT2D eigenvalue weighted by Gasteiger charge is -2.13. The molecule has 27 heavy (non-hydrogen) atoms. The Morgan fingerprint density at radius 2 is 1.78 bits per heavy atom. The van der Waals surface area contributed by atoms with E-state index in [0.717, 1.165) is 12.1 Å². The monoisotopic (exact) mass is 375 g/mol. The van der Waals surface area contributed by atoms with Crippen molar-refractivity contribution in [2.24, 2.45) is 0 Å². The minimum atomic E-state index is -0.980. The Hall–Kier alpha value is -3.22. The number of carbonyl (C=O) groups excluding carboxylic acids is 1. The molecule has 0 saturated carbocycles. The maximum absolute atomic E-state index is 13.3. The Morgan fingerprint density at radius 1 is 1.04 bits per heavy atom. The summed E-state index contributed by atoms with van der Waals surface area (Å²) in [5, 5.41) is 2.65. The molecule has 4 nitrogen and oxygen atoms in total. The summed E-state index contributed by atoms with van der Waals surface area (Å²) >= 11 is 0. The van der Waals surface area contributed by atoms with Gasteiger partial charge < -0.3 is 14.5 Å². The largest absolute Gasteiger partial charge is 0.486 e. The minimum absolute atomic E-state index is 0.0575. The number of carbonyl (C=O) groups is 1. The number of furan rings is 1. The standard InChI is InChI=1S/C20H16F3NO3/c1-12(13-2-8-17(22)18(23)10-13)24-20(25)19-9-7-16(27-19)11-26-15-5-3-14(21)4-6-15/h2-10,12H,11H2,1H3,(H,24,25). The number of hydrogen-bond donors (Lipinski definition) is 1. The zero-order valence-electron chi connectivity index (χ0n) is 14.3. The second-order valence-corrected chi connectivity index (χ2v) is 5.88. The predicted octanol–water partition coefficient (Wildman–Crippen LogP) is 4.77. The van der Waals surface area contributed by atoms with Crippen LogP contribution in [0.3, 0.4) is 0 Å². The van der Waals surface area contributed by atoms with Gasteiger partial charge in [0.1, 0.15) is 23.9 Å². The van der Waals surface area contributed by atoms with Gasteiger partial charge >= 0.3 is 0 Å². The van der Waals surface area contributed by atoms with Crippen molar-refractivity contribution in [1.82, 2.24) is 5.32 Å². The highest BCUT2D eigenvalue weighted by Gasteiger charge is 2.16. The average Bonchev–Trinajstić information content (AvgIpc) is 3.12. The van der Waals surface area contributed by atoms with Crippen LogP contribution in [0.2, 0.25) is 0 Å². The number of amides is 1. The lowest BCUT2D eigenvalue weighted by Crippen LogP contribution is -2.26. The van der Waals surface area contributed by atoms with Crippen molar-refractivity contribution in [3.05, 3.63) is 89.1 Å². The van der Waals surface area contributed by atoms with Gasteiger partial charge in [-0.1, -0.05) is 6.07 Å². The van der Waals surface area contributed by atoms with Gasteiger partial charge in [0.2, 0.25) is 0 Å². The fourth-order valence-corrected chi connectivity index (χ4v) is 2.40. The number of ether oxygens (including phenoxy) is 1. The van der Waals surface area contributed by atoms with E-state index < -0.39 is 23.6 Å². The predicted molar refractivity (Wildman–Crippen MR) is 91.7 cm³/mol. The summed E-state index contributed by atoms with van der Waals surface area (Å²) in [6.45, 7) is 1.71. The van der Waals surface area contributed by atoms with E-state index in [4.69, 9.17) is 9.15 Å². The fraction of sp³-hybridized carbons (Fsp3) is 0.150. The molecule has 3 aromatic rings. The van der Waals surface area contributed by atoms with Gasteiger partial charge in [-0.3, -0.25) is 4.79 Å². The van der Waals surface area contributed by atoms with Gasteiger partial charge in [-0.2, -0.15) is 0 Å². The molecule has 0 bridgehead atoms. The molecule has 1 unspecified atom stereocenters. The van der Waals surface area contributed by atoms with Crippen molar-refractivity contribution < 1.29 is 27.1 Å². The topological polar surface area (TPSA) is 51.5 Å². The van der Waals surface area contributed by atoms with E-state index in [0.29, 0.717) is 17.1 Å². The van der Waals surface area contributed by atoms with E-state index in [1.54, 1.807) is 13.0 Å². The van der Waals surface area contributed by atoms with Gasteiger partial charge in [0, 0.05) is 0 Å². The Morgan fingerprint density at radius 3 is 2.48 bits per heavy atom. The Labute approximate surface area is 153 Å². The molecule has 0 aliphatic heterocycles. The van der Waals surface area contributed by atoms with Crippen LogP contribution in [0.15, 0.2) is 59.0 Å². The molecule has 1 N–H and O–H groups in total. The summed E-state index contributed by atoms with van der Waals surface area (Å²) in [6.07, 6.45) is 0. The van der Waals surface area contributed by atoms with E-state index in [2.05, 4.69) is 5.32 Å². The van der Waals surface area contributed by atoms with Gasteiger partial charge in [-0.25, -0.2) is 13.2 Å². The molecule has 0 radical (unpaired) electrons. The molecule has 0 aliphatic carbocycles. The maximum Gasteiger partial charge on any atom is 0.287 e. The minimum Gasteiger partial charge on any atom is -0.486 e. The summed E-state index contributed by atoms with van der Waals surface area (Å²) in [5.74, 6) is -1.87. The SMILES string of the molecule is CC(NC(=O)c1ccc(COc2ccc(F)cc2)o1)c1ccc(F)c(F)c1. The zero-order valence-corrected chi connectivity index (χ0v) is 14.3. The summed E-state index contributed by atoms with van der Waals surface area (Å²) in [6, 6.07) is 11.5. The maximum atomic E-state index is 13.3. The molecule has 1 amide bonds. The van der Waals surface area contributed by atoms with Crippen molar-refractivity contribution in [3.63, 3.8) is 0 Å². The van der Waals surface area contributed by atoms with Crippen molar-refractivity contribution >= 4 is 5.91 Å². The Kier molecular flexibility index (Phi) is 5.49. The lowest BCUT2D eigenvalue weighted by molar-refractivity contribution is 0.0907. The number of halogens is 3. The van der Waals surface area contributed by atoms with Gasteiger partial charge in [-0.05, 0) is 61.0 Å². The third kappa shape index (κ3) is 4.69. The van der Waals surface area contributed by atoms with Crippen LogP contribution in [0, 0.1) is 17.5 Å². The number of benzene rings is 2. The molecule has 2 aromatic carbocycles. The van der Waals surface area contributed by atoms with E-state index in [1.807, 2.05) is 0 Å². The molecule has 7 heteroatoms. The highest BCUT2D eigenvalue weighted by atomic mass is 19.2. The smallest absolute Gasteiger partial charge is 0.287 e. The van der Waals surface area contributed by atoms with Crippen LogP contribution >= 0.6 is 0 Å². The fourth-order valence-electron chi connectivity index (χ4n) is 2.40. The molecule has 0 aliphatic rings. The molecule has 1 atom stereocenters. The van der Waals surface area contributed by atoms with Crippen LogP contribution in [0.1, 0.15) is 34.8 Å². The first-order valence-electron chi connectivity index (χ1n) is 8.15. The Bertz CT molecular complexity index is 938. The normalized spacial score (nSPS) is 11.9. The van der Waals surface area contributed by atoms with Crippen LogP contribution in [0.25, 0.3) is 0 Å². The number of nitrogens with one attached hydrogen (secondary N) is 1. The van der Waals surface area contributed by atoms with Crippen molar-refractivity contribution in [1.29, 1.82) is 0 Å². The molecule has 0 saturated heterocycles. The molecule has 3 rings (SSSR count). The lowest BCUT2D eigenvalue weighted by atomic mass is 10.1. The average molecular weight is 375 g/mol. The van der Waals surface area contributed by atoms with Crippen LogP contribution < -0.4 is 10.1 Å². The molecule has 140 valence electrons. The molecular weight excluding hydrogens is 359 g/mol. The van der Waals surface area contributed by atoms with Crippen LogP contribution in [0.4, 0.5) is 13.2 Å². The number of rotatable bonds is 6. The van der Waals surface area contributed by atoms with E-state index in [1.165, 1.54) is 36.4 Å². The summed E-state index contributed by atoms with van der Waals surface area (Å²) < 4.78 is 50.0. The quantitative estimate of drug-likeness (QED) is 0.675. The van der Waals surface area contributed by atoms with Gasteiger partial charge in [0.15, 0.2) is 17.4 Å². The summed E-state index contributed by atoms with van der Waals surface area (Å²) in [7, 11) is 0. The van der Waals surface area contributed by atoms with Gasteiger partial charge in [0.05, 0.1) is 6.04 Å². The van der Waals surface area contributed by atoms with Crippen molar-refractivity contribution in [3.8, 4) is 5.75 Å². The second kappa shape index (κ2) is 7.99. The second-order valence-electron chi connectivity index (χ2n) is 5.88. The highest BCUT2D eigenvalue weighted by Crippen LogP contribution is 2.18. The van der Waals surface area contributed by atoms with E-state index >= 15 is 0 Å².